The summed E-state index contributed by atoms with van der Waals surface area (Å²) >= 11 is 0. The Hall–Kier alpha value is -1.16. The van der Waals surface area contributed by atoms with Crippen LogP contribution in [0.1, 0.15) is 57.8 Å². The zero-order chi connectivity index (χ0) is 23.0. The fourth-order valence-electron chi connectivity index (χ4n) is 7.61. The zero-order valence-corrected chi connectivity index (χ0v) is 21.2. The SMILES string of the molecule is CN1CC(N2CCCC2)OC(N2C=CCC2)(N2CC=CN2)C1(N1CCCCC1)N1CCCCC1. The molecule has 6 rings (SSSR count). The van der Waals surface area contributed by atoms with E-state index < -0.39 is 5.85 Å². The topological polar surface area (TPSA) is 40.7 Å². The summed E-state index contributed by atoms with van der Waals surface area (Å²) in [5, 5.41) is 2.42. The summed E-state index contributed by atoms with van der Waals surface area (Å²) in [7, 11) is 2.40. The summed E-state index contributed by atoms with van der Waals surface area (Å²) in [6.07, 6.45) is 20.6. The predicted octanol–water partition coefficient (Wildman–Crippen LogP) is 2.20. The Morgan fingerprint density at radius 1 is 0.794 bits per heavy atom. The number of nitrogens with zero attached hydrogens (tertiary/aromatic N) is 6. The van der Waals surface area contributed by atoms with Gasteiger partial charge in [0.1, 0.15) is 6.23 Å². The van der Waals surface area contributed by atoms with Crippen molar-refractivity contribution >= 4 is 0 Å². The van der Waals surface area contributed by atoms with Crippen LogP contribution in [0.5, 0.6) is 0 Å². The van der Waals surface area contributed by atoms with Crippen LogP contribution in [0.4, 0.5) is 0 Å². The molecule has 6 aliphatic rings. The number of ether oxygens (including phenoxy) is 1. The number of hydrogen-bond donors (Lipinski definition) is 1. The highest BCUT2D eigenvalue weighted by Crippen LogP contribution is 2.49. The van der Waals surface area contributed by atoms with Crippen molar-refractivity contribution in [3.63, 3.8) is 0 Å². The standard InChI is InChI=1S/C26H45N7O/c1-28-23-24(29-14-8-9-15-29)34-26(32-20-10-11-21-32,33-22-12-13-27-33)25(28,30-16-4-2-5-17-30)31-18-6-3-7-19-31/h10,12-13,20,24,27H,2-9,11,14-19,21-23H2,1H3. The van der Waals surface area contributed by atoms with Gasteiger partial charge in [-0.2, -0.15) is 5.01 Å². The van der Waals surface area contributed by atoms with E-state index in [0.29, 0.717) is 0 Å². The maximum Gasteiger partial charge on any atom is 0.267 e. The van der Waals surface area contributed by atoms with E-state index in [1.807, 2.05) is 0 Å². The third kappa shape index (κ3) is 3.56. The van der Waals surface area contributed by atoms with Gasteiger partial charge in [-0.1, -0.05) is 25.0 Å². The van der Waals surface area contributed by atoms with Crippen LogP contribution in [0, 0.1) is 0 Å². The average Bonchev–Trinajstić information content (AvgIpc) is 3.68. The van der Waals surface area contributed by atoms with E-state index in [-0.39, 0.29) is 12.0 Å². The Kier molecular flexibility index (Phi) is 6.64. The van der Waals surface area contributed by atoms with Crippen LogP contribution in [0.25, 0.3) is 0 Å². The van der Waals surface area contributed by atoms with Gasteiger partial charge in [-0.15, -0.1) is 0 Å². The maximum absolute atomic E-state index is 7.62. The first-order valence-electron chi connectivity index (χ1n) is 14.0. The molecule has 0 aliphatic carbocycles. The molecule has 0 aromatic rings. The van der Waals surface area contributed by atoms with Crippen molar-refractivity contribution in [1.82, 2.24) is 34.9 Å². The molecule has 2 unspecified atom stereocenters. The molecule has 0 radical (unpaired) electrons. The molecule has 6 heterocycles. The van der Waals surface area contributed by atoms with E-state index in [2.05, 4.69) is 66.5 Å². The monoisotopic (exact) mass is 471 g/mol. The van der Waals surface area contributed by atoms with Gasteiger partial charge in [0.2, 0.25) is 0 Å². The third-order valence-corrected chi connectivity index (χ3v) is 9.05. The molecule has 4 saturated heterocycles. The van der Waals surface area contributed by atoms with Gasteiger partial charge in [0.25, 0.3) is 5.85 Å². The van der Waals surface area contributed by atoms with Crippen molar-refractivity contribution in [2.24, 2.45) is 0 Å². The van der Waals surface area contributed by atoms with Crippen LogP contribution in [0.3, 0.4) is 0 Å². The normalized spacial score (nSPS) is 36.5. The number of morpholine rings is 1. The van der Waals surface area contributed by atoms with Crippen LogP contribution in [-0.2, 0) is 4.74 Å². The minimum atomic E-state index is -0.640. The third-order valence-electron chi connectivity index (χ3n) is 9.05. The van der Waals surface area contributed by atoms with Gasteiger partial charge in [-0.25, -0.2) is 0 Å². The molecule has 1 N–H and O–H groups in total. The van der Waals surface area contributed by atoms with Gasteiger partial charge in [-0.05, 0) is 58.2 Å². The summed E-state index contributed by atoms with van der Waals surface area (Å²) in [6, 6.07) is 0. The molecular formula is C26H45N7O. The van der Waals surface area contributed by atoms with Crippen molar-refractivity contribution in [3.05, 3.63) is 24.6 Å². The van der Waals surface area contributed by atoms with E-state index >= 15 is 0 Å². The summed E-state index contributed by atoms with van der Waals surface area (Å²) in [5.41, 5.74) is 3.66. The molecular weight excluding hydrogens is 426 g/mol. The number of nitrogens with one attached hydrogen (secondary N) is 1. The van der Waals surface area contributed by atoms with E-state index in [4.69, 9.17) is 4.74 Å². The van der Waals surface area contributed by atoms with E-state index in [1.54, 1.807) is 0 Å². The minimum absolute atomic E-state index is 0.103. The number of hydrogen-bond acceptors (Lipinski definition) is 8. The second-order valence-corrected chi connectivity index (χ2v) is 11.0. The molecule has 0 aromatic heterocycles. The minimum Gasteiger partial charge on any atom is -0.332 e. The lowest BCUT2D eigenvalue weighted by atomic mass is 9.95. The van der Waals surface area contributed by atoms with Crippen LogP contribution in [-0.4, -0.2) is 113 Å². The van der Waals surface area contributed by atoms with Crippen LogP contribution < -0.4 is 5.43 Å². The number of hydrazine groups is 1. The van der Waals surface area contributed by atoms with E-state index in [0.717, 1.165) is 65.3 Å². The van der Waals surface area contributed by atoms with Crippen molar-refractivity contribution in [1.29, 1.82) is 0 Å². The van der Waals surface area contributed by atoms with Crippen molar-refractivity contribution in [2.75, 3.05) is 66.0 Å². The predicted molar refractivity (Wildman–Crippen MR) is 134 cm³/mol. The van der Waals surface area contributed by atoms with Gasteiger partial charge >= 0.3 is 0 Å². The molecule has 2 atom stereocenters. The molecule has 0 bridgehead atoms. The van der Waals surface area contributed by atoms with Gasteiger partial charge in [0, 0.05) is 65.1 Å². The van der Waals surface area contributed by atoms with Crippen molar-refractivity contribution in [2.45, 2.75) is 75.7 Å². The Balaban J connectivity index is 1.52. The number of piperidine rings is 2. The molecule has 8 nitrogen and oxygen atoms in total. The molecule has 0 aromatic carbocycles. The zero-order valence-electron chi connectivity index (χ0n) is 21.2. The number of likely N-dealkylation sites (N-methyl/N-ethyl adjacent to an activating group) is 1. The molecule has 0 saturated carbocycles. The molecule has 34 heavy (non-hydrogen) atoms. The Labute approximate surface area is 206 Å². The Morgan fingerprint density at radius 2 is 1.44 bits per heavy atom. The number of likely N-dealkylation sites (tertiary alicyclic amines) is 3. The Morgan fingerprint density at radius 3 is 2.00 bits per heavy atom. The average molecular weight is 472 g/mol. The Bertz CT molecular complexity index is 730. The van der Waals surface area contributed by atoms with Crippen molar-refractivity contribution < 1.29 is 4.74 Å². The second-order valence-electron chi connectivity index (χ2n) is 11.0. The lowest BCUT2D eigenvalue weighted by molar-refractivity contribution is -0.430. The van der Waals surface area contributed by atoms with Gasteiger partial charge < -0.3 is 15.1 Å². The largest absolute Gasteiger partial charge is 0.332 e. The first-order chi connectivity index (χ1) is 16.8. The molecule has 8 heteroatoms. The van der Waals surface area contributed by atoms with Crippen LogP contribution >= 0.6 is 0 Å². The summed E-state index contributed by atoms with van der Waals surface area (Å²) in [6.45, 7) is 9.66. The van der Waals surface area contributed by atoms with Gasteiger partial charge in [-0.3, -0.25) is 19.6 Å². The summed E-state index contributed by atoms with van der Waals surface area (Å²) < 4.78 is 7.62. The summed E-state index contributed by atoms with van der Waals surface area (Å²) in [5.74, 6) is -0.990. The van der Waals surface area contributed by atoms with Crippen LogP contribution in [0.15, 0.2) is 24.6 Å². The lowest BCUT2D eigenvalue weighted by Gasteiger charge is -2.70. The quantitative estimate of drug-likeness (QED) is 0.655. The first kappa shape index (κ1) is 23.3. The van der Waals surface area contributed by atoms with Crippen molar-refractivity contribution in [3.8, 4) is 0 Å². The molecule has 190 valence electrons. The molecule has 6 aliphatic heterocycles. The van der Waals surface area contributed by atoms with Gasteiger partial charge in [0.05, 0.1) is 0 Å². The second kappa shape index (κ2) is 9.71. The highest BCUT2D eigenvalue weighted by Gasteiger charge is 2.71. The smallest absolute Gasteiger partial charge is 0.267 e. The number of rotatable bonds is 5. The fraction of sp³-hybridized carbons (Fsp3) is 0.846. The maximum atomic E-state index is 7.62. The molecule has 0 amide bonds. The highest BCUT2D eigenvalue weighted by atomic mass is 16.6. The molecule has 0 spiro atoms. The van der Waals surface area contributed by atoms with Gasteiger partial charge in [0.15, 0.2) is 5.79 Å². The lowest BCUT2D eigenvalue weighted by Crippen LogP contribution is -2.91. The fourth-order valence-corrected chi connectivity index (χ4v) is 7.61. The van der Waals surface area contributed by atoms with E-state index in [1.165, 1.54) is 51.4 Å². The highest BCUT2D eigenvalue weighted by molar-refractivity contribution is 5.15. The molecule has 4 fully saturated rings. The first-order valence-corrected chi connectivity index (χ1v) is 14.0. The summed E-state index contributed by atoms with van der Waals surface area (Å²) in [4.78, 5) is 13.5. The van der Waals surface area contributed by atoms with Crippen LogP contribution in [0.2, 0.25) is 0 Å². The van der Waals surface area contributed by atoms with E-state index in [9.17, 15) is 0 Å².